The Bertz CT molecular complexity index is 1410. The van der Waals surface area contributed by atoms with Gasteiger partial charge in [0, 0.05) is 29.9 Å². The minimum Gasteiger partial charge on any atom is -0.465 e. The fourth-order valence-corrected chi connectivity index (χ4v) is 6.14. The molecule has 0 saturated carbocycles. The molecule has 10 nitrogen and oxygen atoms in total. The zero-order valence-corrected chi connectivity index (χ0v) is 25.1. The molecule has 11 heteroatoms. The van der Waals surface area contributed by atoms with Gasteiger partial charge in [0.15, 0.2) is 0 Å². The molecular formula is C31H37N5O5S. The highest BCUT2D eigenvalue weighted by Gasteiger charge is 2.49. The van der Waals surface area contributed by atoms with Gasteiger partial charge in [0.25, 0.3) is 11.8 Å². The first-order valence-corrected chi connectivity index (χ1v) is 15.0. The third kappa shape index (κ3) is 7.02. The topological polar surface area (TPSA) is 133 Å². The SMILES string of the molecule is CCCC[C@@H](C(=O)C(=O)NC(C)c1ccccc1)N(C(=O)O)C1CC(C)(C)CN1C(=O)c1csc(-c2ccncc2)n1. The van der Waals surface area contributed by atoms with Gasteiger partial charge in [-0.1, -0.05) is 63.9 Å². The minimum absolute atomic E-state index is 0.163. The number of carboxylic acid groups (broad SMARTS) is 1. The van der Waals surface area contributed by atoms with Crippen LogP contribution in [0.3, 0.4) is 0 Å². The summed E-state index contributed by atoms with van der Waals surface area (Å²) < 4.78 is 0. The van der Waals surface area contributed by atoms with E-state index in [4.69, 9.17) is 0 Å². The Hall–Kier alpha value is -4.12. The quantitative estimate of drug-likeness (QED) is 0.286. The third-order valence-corrected chi connectivity index (χ3v) is 8.38. The largest absolute Gasteiger partial charge is 0.465 e. The first-order valence-electron chi connectivity index (χ1n) is 14.1. The lowest BCUT2D eigenvalue weighted by atomic mass is 9.91. The van der Waals surface area contributed by atoms with Crippen molar-refractivity contribution in [3.05, 3.63) is 71.5 Å². The molecule has 1 aliphatic heterocycles. The van der Waals surface area contributed by atoms with Crippen LogP contribution in [0.1, 0.15) is 75.5 Å². The Labute approximate surface area is 249 Å². The fourth-order valence-electron chi connectivity index (χ4n) is 5.34. The number of nitrogens with zero attached hydrogens (tertiary/aromatic N) is 4. The van der Waals surface area contributed by atoms with Crippen molar-refractivity contribution < 1.29 is 24.3 Å². The molecular weight excluding hydrogens is 554 g/mol. The third-order valence-electron chi connectivity index (χ3n) is 7.49. The van der Waals surface area contributed by atoms with Crippen LogP contribution < -0.4 is 5.32 Å². The molecule has 4 rings (SSSR count). The van der Waals surface area contributed by atoms with Crippen LogP contribution in [0.5, 0.6) is 0 Å². The molecule has 0 aliphatic carbocycles. The highest BCUT2D eigenvalue weighted by atomic mass is 32.1. The number of Topliss-reactive ketones (excluding diaryl/α,β-unsaturated/α-hetero) is 1. The molecule has 3 heterocycles. The summed E-state index contributed by atoms with van der Waals surface area (Å²) in [7, 11) is 0. The van der Waals surface area contributed by atoms with Crippen LogP contribution in [0.15, 0.2) is 60.2 Å². The van der Waals surface area contributed by atoms with Crippen LogP contribution in [-0.4, -0.2) is 67.3 Å². The van der Waals surface area contributed by atoms with E-state index in [1.165, 1.54) is 16.2 Å². The molecule has 1 aromatic carbocycles. The smallest absolute Gasteiger partial charge is 0.409 e. The zero-order chi connectivity index (χ0) is 30.4. The van der Waals surface area contributed by atoms with Gasteiger partial charge < -0.3 is 15.3 Å². The van der Waals surface area contributed by atoms with Gasteiger partial charge in [-0.3, -0.25) is 24.3 Å². The summed E-state index contributed by atoms with van der Waals surface area (Å²) >= 11 is 1.31. The second-order valence-corrected chi connectivity index (χ2v) is 12.2. The molecule has 0 spiro atoms. The average Bonchev–Trinajstić information content (AvgIpc) is 3.59. The number of rotatable bonds is 11. The number of pyridine rings is 1. The second kappa shape index (κ2) is 13.2. The number of amides is 3. The van der Waals surface area contributed by atoms with Crippen LogP contribution in [0.2, 0.25) is 0 Å². The van der Waals surface area contributed by atoms with Gasteiger partial charge in [0.2, 0.25) is 5.78 Å². The molecule has 222 valence electrons. The molecule has 1 fully saturated rings. The molecule has 2 unspecified atom stereocenters. The molecule has 3 amide bonds. The predicted molar refractivity (Wildman–Crippen MR) is 160 cm³/mol. The van der Waals surface area contributed by atoms with Gasteiger partial charge in [0.1, 0.15) is 22.9 Å². The first kappa shape index (κ1) is 30.8. The number of unbranched alkanes of at least 4 members (excludes halogenated alkanes) is 1. The van der Waals surface area contributed by atoms with E-state index in [0.29, 0.717) is 24.3 Å². The summed E-state index contributed by atoms with van der Waals surface area (Å²) in [5.41, 5.74) is 1.41. The average molecular weight is 592 g/mol. The molecule has 3 aromatic rings. The lowest BCUT2D eigenvalue weighted by Gasteiger charge is -2.37. The summed E-state index contributed by atoms with van der Waals surface area (Å²) in [6.07, 6.45) is 2.70. The van der Waals surface area contributed by atoms with Gasteiger partial charge in [0.05, 0.1) is 6.04 Å². The van der Waals surface area contributed by atoms with Gasteiger partial charge in [-0.15, -0.1) is 11.3 Å². The number of thiazole rings is 1. The molecule has 0 radical (unpaired) electrons. The zero-order valence-electron chi connectivity index (χ0n) is 24.3. The van der Waals surface area contributed by atoms with Crippen molar-refractivity contribution in [2.75, 3.05) is 6.54 Å². The van der Waals surface area contributed by atoms with Crippen LogP contribution in [0, 0.1) is 5.41 Å². The monoisotopic (exact) mass is 591 g/mol. The molecule has 1 aliphatic rings. The van der Waals surface area contributed by atoms with E-state index in [2.05, 4.69) is 15.3 Å². The van der Waals surface area contributed by atoms with Crippen LogP contribution in [-0.2, 0) is 9.59 Å². The number of ketones is 1. The van der Waals surface area contributed by atoms with E-state index in [1.807, 2.05) is 51.1 Å². The minimum atomic E-state index is -1.36. The highest BCUT2D eigenvalue weighted by molar-refractivity contribution is 7.13. The van der Waals surface area contributed by atoms with Crippen LogP contribution in [0.4, 0.5) is 4.79 Å². The summed E-state index contributed by atoms with van der Waals surface area (Å²) in [6, 6.07) is 11.1. The summed E-state index contributed by atoms with van der Waals surface area (Å²) in [5.74, 6) is -2.10. The standard InChI is InChI=1S/C31H37N5O5S/c1-5-6-12-24(26(37)27(38)33-20(2)21-10-8-7-9-11-21)36(30(40)41)25-17-31(3,4)19-35(25)29(39)23-18-42-28(34-23)22-13-15-32-16-14-22/h7-11,13-16,18,20,24-25H,5-6,12,17,19H2,1-4H3,(H,33,38)(H,40,41)/t20?,24-,25?/m0/s1. The molecule has 2 aromatic heterocycles. The molecule has 42 heavy (non-hydrogen) atoms. The molecule has 3 atom stereocenters. The fraction of sp³-hybridized carbons (Fsp3) is 0.419. The number of likely N-dealkylation sites (tertiary alicyclic amines) is 1. The van der Waals surface area contributed by atoms with Crippen molar-refractivity contribution in [2.45, 2.75) is 71.6 Å². The van der Waals surface area contributed by atoms with Crippen LogP contribution in [0.25, 0.3) is 10.6 Å². The number of hydrogen-bond acceptors (Lipinski definition) is 7. The van der Waals surface area contributed by atoms with Crippen molar-refractivity contribution >= 4 is 35.0 Å². The van der Waals surface area contributed by atoms with Crippen molar-refractivity contribution in [3.8, 4) is 10.6 Å². The van der Waals surface area contributed by atoms with Crippen LogP contribution >= 0.6 is 11.3 Å². The van der Waals surface area contributed by atoms with Gasteiger partial charge in [-0.25, -0.2) is 9.78 Å². The maximum atomic E-state index is 13.8. The number of benzene rings is 1. The predicted octanol–water partition coefficient (Wildman–Crippen LogP) is 5.39. The van der Waals surface area contributed by atoms with Crippen molar-refractivity contribution in [2.24, 2.45) is 5.41 Å². The Kier molecular flexibility index (Phi) is 9.72. The van der Waals surface area contributed by atoms with E-state index in [9.17, 15) is 24.3 Å². The highest BCUT2D eigenvalue weighted by Crippen LogP contribution is 2.38. The molecule has 1 saturated heterocycles. The van der Waals surface area contributed by atoms with Crippen molar-refractivity contribution in [1.29, 1.82) is 0 Å². The van der Waals surface area contributed by atoms with E-state index in [0.717, 1.165) is 16.0 Å². The number of hydrogen-bond donors (Lipinski definition) is 2. The number of aromatic nitrogens is 2. The number of carbonyl (C=O) groups is 4. The summed E-state index contributed by atoms with van der Waals surface area (Å²) in [5, 5.41) is 15.5. The number of carbonyl (C=O) groups excluding carboxylic acids is 3. The maximum absolute atomic E-state index is 13.8. The molecule has 2 N–H and O–H groups in total. The van der Waals surface area contributed by atoms with Gasteiger partial charge in [-0.05, 0) is 42.9 Å². The van der Waals surface area contributed by atoms with Crippen molar-refractivity contribution in [1.82, 2.24) is 25.1 Å². The number of nitrogens with one attached hydrogen (secondary N) is 1. The lowest BCUT2D eigenvalue weighted by molar-refractivity contribution is -0.142. The maximum Gasteiger partial charge on any atom is 0.409 e. The summed E-state index contributed by atoms with van der Waals surface area (Å²) in [4.78, 5) is 64.6. The van der Waals surface area contributed by atoms with E-state index >= 15 is 0 Å². The van der Waals surface area contributed by atoms with Crippen molar-refractivity contribution in [3.63, 3.8) is 0 Å². The van der Waals surface area contributed by atoms with E-state index < -0.39 is 47.4 Å². The Morgan fingerprint density at radius 3 is 2.48 bits per heavy atom. The van der Waals surface area contributed by atoms with E-state index in [-0.39, 0.29) is 18.7 Å². The van der Waals surface area contributed by atoms with E-state index in [1.54, 1.807) is 36.8 Å². The lowest BCUT2D eigenvalue weighted by Crippen LogP contribution is -2.58. The molecule has 0 bridgehead atoms. The van der Waals surface area contributed by atoms with Gasteiger partial charge in [-0.2, -0.15) is 0 Å². The second-order valence-electron chi connectivity index (χ2n) is 11.4. The Balaban J connectivity index is 1.62. The Morgan fingerprint density at radius 1 is 1.14 bits per heavy atom. The van der Waals surface area contributed by atoms with Gasteiger partial charge >= 0.3 is 6.09 Å². The summed E-state index contributed by atoms with van der Waals surface area (Å²) in [6.45, 7) is 7.88. The first-order chi connectivity index (χ1) is 20.0. The Morgan fingerprint density at radius 2 is 1.83 bits per heavy atom. The normalized spacial score (nSPS) is 17.3.